The van der Waals surface area contributed by atoms with E-state index >= 15 is 0 Å². The molecule has 1 aromatic heterocycles. The Bertz CT molecular complexity index is 1290. The van der Waals surface area contributed by atoms with E-state index in [2.05, 4.69) is 9.72 Å². The maximum atomic E-state index is 13.9. The summed E-state index contributed by atoms with van der Waals surface area (Å²) in [5, 5.41) is 9.85. The number of benzene rings is 2. The summed E-state index contributed by atoms with van der Waals surface area (Å²) in [6.45, 7) is 2.21. The van der Waals surface area contributed by atoms with E-state index in [-0.39, 0.29) is 36.7 Å². The molecule has 1 aliphatic carbocycles. The molecule has 2 aromatic carbocycles. The highest BCUT2D eigenvalue weighted by atomic mass is 19.4. The Hall–Kier alpha value is -3.14. The third-order valence-corrected chi connectivity index (χ3v) is 7.50. The Balaban J connectivity index is 1.52. The molecule has 1 aliphatic heterocycles. The zero-order chi connectivity index (χ0) is 25.9. The number of alkyl halides is 5. The van der Waals surface area contributed by atoms with Crippen LogP contribution >= 0.6 is 0 Å². The predicted octanol–water partition coefficient (Wildman–Crippen LogP) is 6.83. The van der Waals surface area contributed by atoms with Gasteiger partial charge in [-0.1, -0.05) is 12.1 Å². The first-order valence-electron chi connectivity index (χ1n) is 11.7. The Labute approximate surface area is 203 Å². The fraction of sp³-hybridized carbons (Fsp3) is 0.423. The van der Waals surface area contributed by atoms with Crippen molar-refractivity contribution in [2.45, 2.75) is 57.5 Å². The minimum Gasteiger partial charge on any atom is -0.478 e. The fourth-order valence-corrected chi connectivity index (χ4v) is 5.93. The maximum absolute atomic E-state index is 13.9. The zero-order valence-corrected chi connectivity index (χ0v) is 19.5. The lowest BCUT2D eigenvalue weighted by Crippen LogP contribution is -2.53. The molecule has 10 heteroatoms. The number of halogens is 5. The highest BCUT2D eigenvalue weighted by Gasteiger charge is 2.58. The number of hydrogen-bond donors (Lipinski definition) is 2. The number of ether oxygens (including phenoxy) is 1. The summed E-state index contributed by atoms with van der Waals surface area (Å²) in [4.78, 5) is 16.3. The Kier molecular flexibility index (Phi) is 5.77. The predicted molar refractivity (Wildman–Crippen MR) is 122 cm³/mol. The van der Waals surface area contributed by atoms with Crippen LogP contribution in [0.3, 0.4) is 0 Å². The number of fused-ring (bicyclic) bond motifs is 1. The summed E-state index contributed by atoms with van der Waals surface area (Å²) < 4.78 is 71.9. The topological polar surface area (TPSA) is 65.6 Å². The SMILES string of the molecule is Cc1cc(OC(F)(F)F)c(CN2CCC3(CC2c2ccc(C(=O)O)cc2)CC(F)(F)C3)c2cc[nH]c12. The van der Waals surface area contributed by atoms with Gasteiger partial charge in [-0.05, 0) is 67.1 Å². The minimum absolute atomic E-state index is 0.0967. The second-order valence-corrected chi connectivity index (χ2v) is 10.1. The first kappa shape index (κ1) is 24.5. The lowest BCUT2D eigenvalue weighted by atomic mass is 9.59. The van der Waals surface area contributed by atoms with Crippen molar-refractivity contribution in [3.8, 4) is 5.75 Å². The van der Waals surface area contributed by atoms with Crippen molar-refractivity contribution in [3.05, 3.63) is 64.8 Å². The molecule has 1 atom stereocenters. The van der Waals surface area contributed by atoms with Crippen LogP contribution in [0.1, 0.15) is 58.8 Å². The first-order valence-corrected chi connectivity index (χ1v) is 11.7. The van der Waals surface area contributed by atoms with Gasteiger partial charge in [-0.25, -0.2) is 13.6 Å². The zero-order valence-electron chi connectivity index (χ0n) is 19.5. The average molecular weight is 508 g/mol. The molecule has 0 radical (unpaired) electrons. The molecular formula is C26H25F5N2O3. The van der Waals surface area contributed by atoms with Crippen molar-refractivity contribution in [2.24, 2.45) is 5.41 Å². The fourth-order valence-electron chi connectivity index (χ4n) is 5.93. The van der Waals surface area contributed by atoms with Crippen LogP contribution in [0, 0.1) is 12.3 Å². The van der Waals surface area contributed by atoms with Crippen LogP contribution in [-0.4, -0.2) is 39.8 Å². The van der Waals surface area contributed by atoms with Gasteiger partial charge in [0.1, 0.15) is 5.75 Å². The van der Waals surface area contributed by atoms with Crippen LogP contribution < -0.4 is 4.74 Å². The standard InChI is InChI=1S/C26H25F5N2O3/c1-15-10-21(36-26(29,30)31)19(18-6-8-32-22(15)18)12-33-9-7-24(13-25(27,28)14-24)11-20(33)16-2-4-17(5-3-16)23(34)35/h2-6,8,10,20,32H,7,9,11-14H2,1H3,(H,34,35). The van der Waals surface area contributed by atoms with Crippen LogP contribution in [0.4, 0.5) is 22.0 Å². The number of aromatic nitrogens is 1. The van der Waals surface area contributed by atoms with Gasteiger partial charge >= 0.3 is 12.3 Å². The second kappa shape index (κ2) is 8.47. The number of carboxylic acid groups (broad SMARTS) is 1. The largest absolute Gasteiger partial charge is 0.573 e. The molecular weight excluding hydrogens is 483 g/mol. The van der Waals surface area contributed by atoms with Crippen molar-refractivity contribution >= 4 is 16.9 Å². The second-order valence-electron chi connectivity index (χ2n) is 10.1. The molecule has 3 aromatic rings. The summed E-state index contributed by atoms with van der Waals surface area (Å²) in [5.41, 5.74) is 1.96. The summed E-state index contributed by atoms with van der Waals surface area (Å²) in [6, 6.07) is 8.93. The number of aromatic carboxylic acids is 1. The van der Waals surface area contributed by atoms with Gasteiger partial charge in [0.05, 0.1) is 5.56 Å². The summed E-state index contributed by atoms with van der Waals surface area (Å²) in [6.07, 6.45) is -2.74. The van der Waals surface area contributed by atoms with Crippen LogP contribution in [0.2, 0.25) is 0 Å². The quantitative estimate of drug-likeness (QED) is 0.371. The monoisotopic (exact) mass is 508 g/mol. The van der Waals surface area contributed by atoms with Crippen LogP contribution in [0.15, 0.2) is 42.6 Å². The number of aromatic amines is 1. The Morgan fingerprint density at radius 3 is 2.50 bits per heavy atom. The molecule has 1 unspecified atom stereocenters. The number of aryl methyl sites for hydroxylation is 1. The van der Waals surface area contributed by atoms with E-state index in [1.807, 2.05) is 4.90 Å². The molecule has 5 rings (SSSR count). The summed E-state index contributed by atoms with van der Waals surface area (Å²) >= 11 is 0. The third kappa shape index (κ3) is 4.66. The molecule has 2 fully saturated rings. The van der Waals surface area contributed by atoms with Gasteiger partial charge in [0.15, 0.2) is 0 Å². The van der Waals surface area contributed by atoms with E-state index in [9.17, 15) is 31.9 Å². The number of nitrogens with one attached hydrogen (secondary N) is 1. The molecule has 1 spiro atoms. The van der Waals surface area contributed by atoms with E-state index in [4.69, 9.17) is 0 Å². The maximum Gasteiger partial charge on any atom is 0.573 e. The summed E-state index contributed by atoms with van der Waals surface area (Å²) in [7, 11) is 0. The number of likely N-dealkylation sites (tertiary alicyclic amines) is 1. The van der Waals surface area contributed by atoms with E-state index in [0.29, 0.717) is 41.4 Å². The smallest absolute Gasteiger partial charge is 0.478 e. The van der Waals surface area contributed by atoms with E-state index in [0.717, 1.165) is 5.56 Å². The van der Waals surface area contributed by atoms with Crippen molar-refractivity contribution in [1.82, 2.24) is 9.88 Å². The minimum atomic E-state index is -4.87. The Morgan fingerprint density at radius 1 is 1.19 bits per heavy atom. The molecule has 0 bridgehead atoms. The molecule has 2 aliphatic rings. The highest BCUT2D eigenvalue weighted by molar-refractivity contribution is 5.88. The Morgan fingerprint density at radius 2 is 1.89 bits per heavy atom. The van der Waals surface area contributed by atoms with Gasteiger partial charge in [0.2, 0.25) is 5.92 Å². The number of H-pyrrole nitrogens is 1. The number of rotatable bonds is 5. The number of piperidine rings is 1. The molecule has 192 valence electrons. The lowest BCUT2D eigenvalue weighted by molar-refractivity contribution is -0.275. The highest BCUT2D eigenvalue weighted by Crippen LogP contribution is 2.60. The molecule has 36 heavy (non-hydrogen) atoms. The van der Waals surface area contributed by atoms with Crippen molar-refractivity contribution in [3.63, 3.8) is 0 Å². The van der Waals surface area contributed by atoms with Gasteiger partial charge in [0, 0.05) is 48.1 Å². The van der Waals surface area contributed by atoms with Crippen LogP contribution in [0.5, 0.6) is 5.75 Å². The molecule has 2 N–H and O–H groups in total. The number of hydrogen-bond acceptors (Lipinski definition) is 3. The first-order chi connectivity index (χ1) is 16.8. The van der Waals surface area contributed by atoms with E-state index in [1.165, 1.54) is 18.2 Å². The number of nitrogens with zero attached hydrogens (tertiary/aromatic N) is 1. The van der Waals surface area contributed by atoms with Crippen molar-refractivity contribution < 1.29 is 36.6 Å². The van der Waals surface area contributed by atoms with Crippen LogP contribution in [-0.2, 0) is 6.54 Å². The van der Waals surface area contributed by atoms with Crippen LogP contribution in [0.25, 0.3) is 10.9 Å². The molecule has 1 saturated carbocycles. The number of carbonyl (C=O) groups is 1. The van der Waals surface area contributed by atoms with Gasteiger partial charge in [-0.15, -0.1) is 13.2 Å². The molecule has 0 amide bonds. The number of carboxylic acids is 1. The molecule has 2 heterocycles. The summed E-state index contributed by atoms with van der Waals surface area (Å²) in [5.74, 6) is -4.08. The molecule has 1 saturated heterocycles. The van der Waals surface area contributed by atoms with Gasteiger partial charge in [0.25, 0.3) is 0 Å². The van der Waals surface area contributed by atoms with Crippen molar-refractivity contribution in [2.75, 3.05) is 6.54 Å². The van der Waals surface area contributed by atoms with Gasteiger partial charge in [-0.3, -0.25) is 4.90 Å². The third-order valence-electron chi connectivity index (χ3n) is 7.50. The van der Waals surface area contributed by atoms with Gasteiger partial charge < -0.3 is 14.8 Å². The van der Waals surface area contributed by atoms with E-state index in [1.54, 1.807) is 31.3 Å². The average Bonchev–Trinajstić information content (AvgIpc) is 3.25. The normalized spacial score (nSPS) is 21.4. The van der Waals surface area contributed by atoms with Gasteiger partial charge in [-0.2, -0.15) is 0 Å². The lowest BCUT2D eigenvalue weighted by Gasteiger charge is -2.54. The molecule has 5 nitrogen and oxygen atoms in total. The van der Waals surface area contributed by atoms with Crippen molar-refractivity contribution in [1.29, 1.82) is 0 Å². The van der Waals surface area contributed by atoms with E-state index < -0.39 is 23.7 Å².